The van der Waals surface area contributed by atoms with Gasteiger partial charge in [0.1, 0.15) is 5.65 Å². The first-order valence-corrected chi connectivity index (χ1v) is 13.7. The van der Waals surface area contributed by atoms with E-state index in [2.05, 4.69) is 76.2 Å². The Labute approximate surface area is 235 Å². The van der Waals surface area contributed by atoms with E-state index < -0.39 is 0 Å². The molecule has 39 heavy (non-hydrogen) atoms. The van der Waals surface area contributed by atoms with Gasteiger partial charge < -0.3 is 0 Å². The van der Waals surface area contributed by atoms with E-state index in [-0.39, 0.29) is 5.56 Å². The predicted molar refractivity (Wildman–Crippen MR) is 165 cm³/mol. The molecule has 0 fully saturated rings. The third-order valence-corrected chi connectivity index (χ3v) is 8.64. The first-order valence-electron chi connectivity index (χ1n) is 12.9. The monoisotopic (exact) mass is 546 g/mol. The van der Waals surface area contributed by atoms with Gasteiger partial charge in [-0.15, -0.1) is 0 Å². The third-order valence-electron chi connectivity index (χ3n) is 8.01. The summed E-state index contributed by atoms with van der Waals surface area (Å²) in [6.07, 6.45) is 0. The lowest BCUT2D eigenvalue weighted by molar-refractivity contribution is 1.19. The maximum absolute atomic E-state index is 14.2. The van der Waals surface area contributed by atoms with E-state index in [0.29, 0.717) is 26.5 Å². The number of hydrogen-bond donors (Lipinski definition) is 0. The summed E-state index contributed by atoms with van der Waals surface area (Å²) < 4.78 is 1.77. The van der Waals surface area contributed by atoms with Gasteiger partial charge in [0.2, 0.25) is 0 Å². The molecule has 3 nitrogen and oxygen atoms in total. The Morgan fingerprint density at radius 3 is 1.85 bits per heavy atom. The second kappa shape index (κ2) is 8.54. The van der Waals surface area contributed by atoms with Crippen LogP contribution in [0.5, 0.6) is 0 Å². The van der Waals surface area contributed by atoms with E-state index in [4.69, 9.17) is 28.2 Å². The number of aryl methyl sites for hydroxylation is 4. The van der Waals surface area contributed by atoms with Crippen LogP contribution in [0.4, 0.5) is 0 Å². The fourth-order valence-corrected chi connectivity index (χ4v) is 6.87. The molecule has 0 saturated heterocycles. The SMILES string of the molecule is Cc1cccc(C)c1-c1cc(-c2c(C)cccc2C)c2nc3c4ccc(Cl)c5c(Cl)ccc(c(=O)n3c2c1)c54. The van der Waals surface area contributed by atoms with Gasteiger partial charge >= 0.3 is 0 Å². The quantitative estimate of drug-likeness (QED) is 0.216. The van der Waals surface area contributed by atoms with Crippen LogP contribution in [0.3, 0.4) is 0 Å². The van der Waals surface area contributed by atoms with Gasteiger partial charge in [0.05, 0.1) is 11.0 Å². The lowest BCUT2D eigenvalue weighted by Gasteiger charge is -2.15. The second-order valence-corrected chi connectivity index (χ2v) is 11.3. The minimum absolute atomic E-state index is 0.130. The first-order chi connectivity index (χ1) is 18.8. The lowest BCUT2D eigenvalue weighted by Crippen LogP contribution is -2.13. The van der Waals surface area contributed by atoms with Crippen LogP contribution in [0.15, 0.2) is 77.6 Å². The maximum Gasteiger partial charge on any atom is 0.264 e. The second-order valence-electron chi connectivity index (χ2n) is 10.4. The fourth-order valence-electron chi connectivity index (χ4n) is 6.31. The van der Waals surface area contributed by atoms with E-state index >= 15 is 0 Å². The molecule has 0 amide bonds. The molecule has 0 bridgehead atoms. The van der Waals surface area contributed by atoms with Crippen LogP contribution in [0.1, 0.15) is 22.3 Å². The summed E-state index contributed by atoms with van der Waals surface area (Å²) in [7, 11) is 0. The Morgan fingerprint density at radius 2 is 1.23 bits per heavy atom. The molecule has 0 saturated carbocycles. The molecular weight excluding hydrogens is 523 g/mol. The highest BCUT2D eigenvalue weighted by Gasteiger charge is 2.22. The summed E-state index contributed by atoms with van der Waals surface area (Å²) in [6.45, 7) is 8.52. The Hall–Kier alpha value is -3.92. The third kappa shape index (κ3) is 3.37. The van der Waals surface area contributed by atoms with E-state index in [9.17, 15) is 4.79 Å². The number of hydrogen-bond acceptors (Lipinski definition) is 2. The summed E-state index contributed by atoms with van der Waals surface area (Å²) in [5, 5.41) is 3.91. The summed E-state index contributed by atoms with van der Waals surface area (Å²) in [4.78, 5) is 19.4. The molecule has 2 aromatic heterocycles. The largest absolute Gasteiger partial charge is 0.268 e. The van der Waals surface area contributed by atoms with Gasteiger partial charge in [-0.3, -0.25) is 9.20 Å². The summed E-state index contributed by atoms with van der Waals surface area (Å²) in [5.41, 5.74) is 11.2. The molecule has 0 aliphatic rings. The Balaban J connectivity index is 1.75. The van der Waals surface area contributed by atoms with Crippen molar-refractivity contribution >= 4 is 61.4 Å². The number of fused-ring (bicyclic) bond motifs is 4. The first kappa shape index (κ1) is 24.1. The highest BCUT2D eigenvalue weighted by atomic mass is 35.5. The van der Waals surface area contributed by atoms with Crippen LogP contribution in [0, 0.1) is 27.7 Å². The molecule has 0 unspecified atom stereocenters. The molecule has 0 aliphatic heterocycles. The van der Waals surface area contributed by atoms with Crippen molar-refractivity contribution in [3.05, 3.63) is 115 Å². The van der Waals surface area contributed by atoms with Gasteiger partial charge in [0.15, 0.2) is 0 Å². The van der Waals surface area contributed by atoms with Crippen molar-refractivity contribution < 1.29 is 0 Å². The number of imidazole rings is 1. The number of aromatic nitrogens is 2. The molecule has 0 spiro atoms. The molecule has 0 N–H and O–H groups in total. The van der Waals surface area contributed by atoms with Crippen molar-refractivity contribution in [2.75, 3.05) is 0 Å². The molecular formula is C34H24Cl2N2O. The summed E-state index contributed by atoms with van der Waals surface area (Å²) >= 11 is 13.2. The van der Waals surface area contributed by atoms with Crippen molar-refractivity contribution in [3.63, 3.8) is 0 Å². The van der Waals surface area contributed by atoms with Crippen LogP contribution in [-0.4, -0.2) is 9.38 Å². The molecule has 7 aromatic rings. The Kier molecular flexibility index (Phi) is 5.29. The van der Waals surface area contributed by atoms with Crippen molar-refractivity contribution in [2.24, 2.45) is 0 Å². The number of rotatable bonds is 2. The van der Waals surface area contributed by atoms with Gasteiger partial charge in [-0.05, 0) is 103 Å². The van der Waals surface area contributed by atoms with Crippen molar-refractivity contribution in [1.29, 1.82) is 0 Å². The maximum atomic E-state index is 14.2. The smallest absolute Gasteiger partial charge is 0.264 e. The minimum atomic E-state index is -0.130. The normalized spacial score (nSPS) is 11.9. The average molecular weight is 547 g/mol. The van der Waals surface area contributed by atoms with Crippen LogP contribution in [0.2, 0.25) is 10.0 Å². The number of nitrogens with zero attached hydrogens (tertiary/aromatic N) is 2. The summed E-state index contributed by atoms with van der Waals surface area (Å²) in [5.74, 6) is 0. The zero-order valence-corrected chi connectivity index (χ0v) is 23.5. The average Bonchev–Trinajstić information content (AvgIpc) is 3.28. The molecule has 5 aromatic carbocycles. The van der Waals surface area contributed by atoms with E-state index in [1.54, 1.807) is 16.5 Å². The number of pyridine rings is 1. The number of halogens is 2. The van der Waals surface area contributed by atoms with Crippen molar-refractivity contribution in [3.8, 4) is 22.3 Å². The van der Waals surface area contributed by atoms with Crippen molar-refractivity contribution in [2.45, 2.75) is 27.7 Å². The van der Waals surface area contributed by atoms with Crippen molar-refractivity contribution in [1.82, 2.24) is 9.38 Å². The Bertz CT molecular complexity index is 2160. The van der Waals surface area contributed by atoms with E-state index in [1.165, 1.54) is 16.7 Å². The topological polar surface area (TPSA) is 34.4 Å². The molecule has 5 heteroatoms. The van der Waals surface area contributed by atoms with E-state index in [0.717, 1.165) is 49.6 Å². The molecule has 2 heterocycles. The molecule has 0 aliphatic carbocycles. The van der Waals surface area contributed by atoms with Gasteiger partial charge in [0.25, 0.3) is 5.56 Å². The predicted octanol–water partition coefficient (Wildman–Crippen LogP) is 9.47. The minimum Gasteiger partial charge on any atom is -0.268 e. The van der Waals surface area contributed by atoms with E-state index in [1.807, 2.05) is 12.1 Å². The molecule has 190 valence electrons. The van der Waals surface area contributed by atoms with Gasteiger partial charge in [0, 0.05) is 37.2 Å². The zero-order chi connectivity index (χ0) is 27.2. The highest BCUT2D eigenvalue weighted by Crippen LogP contribution is 2.41. The standard InChI is InChI=1S/C34H24Cl2N2O/c1-17-7-5-8-18(2)28(17)21-15-24(29-19(3)9-6-10-20(29)4)32-27(16-21)38-33(37-32)22-11-13-25(35)31-26(36)14-12-23(30(22)31)34(38)39/h5-16H,1-4H3. The molecule has 7 rings (SSSR count). The van der Waals surface area contributed by atoms with Crippen LogP contribution >= 0.6 is 23.2 Å². The zero-order valence-electron chi connectivity index (χ0n) is 22.0. The number of benzene rings is 5. The van der Waals surface area contributed by atoms with Gasteiger partial charge in [-0.2, -0.15) is 0 Å². The van der Waals surface area contributed by atoms with Gasteiger partial charge in [-0.1, -0.05) is 59.6 Å². The van der Waals surface area contributed by atoms with Gasteiger partial charge in [-0.25, -0.2) is 4.98 Å². The molecule has 0 radical (unpaired) electrons. The fraction of sp³-hybridized carbons (Fsp3) is 0.118. The summed E-state index contributed by atoms with van der Waals surface area (Å²) in [6, 6.07) is 24.3. The highest BCUT2D eigenvalue weighted by molar-refractivity contribution is 6.44. The Morgan fingerprint density at radius 1 is 0.667 bits per heavy atom. The van der Waals surface area contributed by atoms with Crippen LogP contribution in [0.25, 0.3) is 60.5 Å². The molecule has 0 atom stereocenters. The van der Waals surface area contributed by atoms with Crippen LogP contribution in [-0.2, 0) is 0 Å². The lowest BCUT2D eigenvalue weighted by atomic mass is 9.89. The van der Waals surface area contributed by atoms with Crippen LogP contribution < -0.4 is 5.56 Å².